The molecule has 4 bridgehead atoms. The van der Waals surface area contributed by atoms with Crippen molar-refractivity contribution in [2.75, 3.05) is 63.0 Å². The Morgan fingerprint density at radius 2 is 1.22 bits per heavy atom. The number of urea groups is 2. The van der Waals surface area contributed by atoms with Crippen LogP contribution < -0.4 is 36.0 Å². The molecule has 2 atom stereocenters. The summed E-state index contributed by atoms with van der Waals surface area (Å²) in [5, 5.41) is 14.8. The van der Waals surface area contributed by atoms with Crippen LogP contribution in [0.15, 0.2) is 73.1 Å². The maximum atomic E-state index is 13.0. The van der Waals surface area contributed by atoms with Crippen molar-refractivity contribution in [3.05, 3.63) is 84.4 Å². The quantitative estimate of drug-likeness (QED) is 0.162. The predicted octanol–water partition coefficient (Wildman–Crippen LogP) is 5.64. The summed E-state index contributed by atoms with van der Waals surface area (Å²) in [5.74, 6) is 0.809. The summed E-state index contributed by atoms with van der Waals surface area (Å²) in [6.07, 6.45) is 8.31. The van der Waals surface area contributed by atoms with Gasteiger partial charge in [-0.25, -0.2) is 34.3 Å². The van der Waals surface area contributed by atoms with E-state index in [0.29, 0.717) is 35.4 Å². The Bertz CT molecular complexity index is 1980. The lowest BCUT2D eigenvalue weighted by molar-refractivity contribution is 0.0690. The number of carbonyl (C=O) groups excluding carboxylic acids is 3. The van der Waals surface area contributed by atoms with Crippen LogP contribution in [0.3, 0.4) is 0 Å². The zero-order chi connectivity index (χ0) is 38.9. The van der Waals surface area contributed by atoms with E-state index in [0.717, 1.165) is 76.2 Å². The number of Topliss-reactive ketones (excluding diaryl/α,β-unsaturated/α-hetero) is 1. The molecule has 0 aliphatic carbocycles. The first-order valence-electron chi connectivity index (χ1n) is 18.7. The minimum Gasteiger partial charge on any atom is -0.477 e. The molecule has 2 saturated heterocycles. The average molecular weight is 750 g/mol. The number of aromatic carboxylic acids is 1. The van der Waals surface area contributed by atoms with Crippen LogP contribution in [0.4, 0.5) is 44.2 Å². The summed E-state index contributed by atoms with van der Waals surface area (Å²) < 4.78 is 0. The number of hydrogen-bond acceptors (Lipinski definition) is 11. The molecule has 16 nitrogen and oxygen atoms in total. The molecule has 8 heterocycles. The van der Waals surface area contributed by atoms with Crippen molar-refractivity contribution in [1.29, 1.82) is 0 Å². The molecule has 2 fully saturated rings. The highest BCUT2D eigenvalue weighted by atomic mass is 16.4. The van der Waals surface area contributed by atoms with Gasteiger partial charge in [0.15, 0.2) is 23.1 Å². The van der Waals surface area contributed by atoms with Crippen molar-refractivity contribution in [2.45, 2.75) is 64.5 Å². The Kier molecular flexibility index (Phi) is 12.5. The molecule has 0 aromatic carbocycles. The first-order chi connectivity index (χ1) is 26.7. The number of carboxylic acids is 1. The topological polar surface area (TPSA) is 203 Å². The first kappa shape index (κ1) is 38.6. The molecule has 4 aromatic heterocycles. The van der Waals surface area contributed by atoms with Gasteiger partial charge in [0.25, 0.3) is 0 Å². The third kappa shape index (κ3) is 8.81. The van der Waals surface area contributed by atoms with Crippen LogP contribution >= 0.6 is 0 Å². The Balaban J connectivity index is 0.000000172. The second-order valence-electron chi connectivity index (χ2n) is 13.5. The minimum atomic E-state index is -1.11. The van der Waals surface area contributed by atoms with Crippen molar-refractivity contribution in [3.63, 3.8) is 0 Å². The van der Waals surface area contributed by atoms with Crippen LogP contribution in [0.25, 0.3) is 0 Å². The van der Waals surface area contributed by atoms with Gasteiger partial charge in [-0.3, -0.25) is 25.2 Å². The third-order valence-corrected chi connectivity index (χ3v) is 9.69. The fourth-order valence-corrected chi connectivity index (χ4v) is 6.90. The van der Waals surface area contributed by atoms with Crippen molar-refractivity contribution >= 4 is 58.5 Å². The molecular weight excluding hydrogens is 703 g/mol. The molecule has 0 unspecified atom stereocenters. The number of amides is 4. The van der Waals surface area contributed by atoms with E-state index in [1.807, 2.05) is 12.1 Å². The number of anilines is 6. The highest BCUT2D eigenvalue weighted by molar-refractivity contribution is 6.06. The van der Waals surface area contributed by atoms with Crippen LogP contribution in [0, 0.1) is 0 Å². The lowest BCUT2D eigenvalue weighted by Crippen LogP contribution is -2.48. The zero-order valence-corrected chi connectivity index (χ0v) is 31.1. The standard InChI is InChI=1S/C20H23N5O2.C16H15N5O3.C3H9N/c1-2-3-6-17(26)15-8-9-16-19(22-15)25(14-10-12-24(16)13-14)20(27)23-18-7-4-5-11-21-18;22-15(23)11-4-5-12-14(18-11)21(10-6-8-20(12)9-10)16(24)19-13-3-1-2-7-17-13;1-2-3-4/h4-5,7-9,11,14H,2-3,6,10,12-13H2,1H3,(H,21,23,27);1-5,7,10H,6,8-9H2,(H,22,23)(H,17,19,24);2-4H2,1H3/t14-;10-;/m00./s1. The lowest BCUT2D eigenvalue weighted by Gasteiger charge is -2.35. The Hall–Kier alpha value is -6.16. The monoisotopic (exact) mass is 749 g/mol. The van der Waals surface area contributed by atoms with Crippen molar-refractivity contribution in [1.82, 2.24) is 19.9 Å². The zero-order valence-electron chi connectivity index (χ0n) is 31.1. The van der Waals surface area contributed by atoms with Gasteiger partial charge in [0.05, 0.1) is 23.5 Å². The molecule has 0 saturated carbocycles. The summed E-state index contributed by atoms with van der Waals surface area (Å²) in [4.78, 5) is 74.1. The van der Waals surface area contributed by atoms with Gasteiger partial charge in [-0.2, -0.15) is 0 Å². The number of nitrogens with zero attached hydrogens (tertiary/aromatic N) is 8. The summed E-state index contributed by atoms with van der Waals surface area (Å²) in [6, 6.07) is 16.9. The number of pyridine rings is 4. The van der Waals surface area contributed by atoms with Gasteiger partial charge < -0.3 is 20.6 Å². The molecule has 8 rings (SSSR count). The van der Waals surface area contributed by atoms with Gasteiger partial charge in [0, 0.05) is 45.0 Å². The summed E-state index contributed by atoms with van der Waals surface area (Å²) >= 11 is 0. The largest absolute Gasteiger partial charge is 0.477 e. The van der Waals surface area contributed by atoms with Crippen LogP contribution in [0.5, 0.6) is 0 Å². The SMILES string of the molecule is CCCCC(=O)c1ccc2c(n1)N(C(=O)Nc1ccccn1)[C@H]1CCN2C1.CCCN.O=C(O)c1ccc2c(n1)N(C(=O)Nc1ccccn1)[C@H]1CCN2C1. The predicted molar refractivity (Wildman–Crippen MR) is 211 cm³/mol. The third-order valence-electron chi connectivity index (χ3n) is 9.69. The van der Waals surface area contributed by atoms with Crippen LogP contribution in [0.1, 0.15) is 73.3 Å². The maximum Gasteiger partial charge on any atom is 0.354 e. The number of fused-ring (bicyclic) bond motifs is 8. The van der Waals surface area contributed by atoms with Gasteiger partial charge in [0.1, 0.15) is 17.3 Å². The van der Waals surface area contributed by atoms with E-state index in [1.165, 1.54) is 6.07 Å². The number of carbonyl (C=O) groups is 4. The molecule has 4 aromatic rings. The summed E-state index contributed by atoms with van der Waals surface area (Å²) in [7, 11) is 0. The minimum absolute atomic E-state index is 0.0256. The van der Waals surface area contributed by atoms with Crippen LogP contribution in [0.2, 0.25) is 0 Å². The van der Waals surface area contributed by atoms with E-state index in [9.17, 15) is 24.3 Å². The Morgan fingerprint density at radius 3 is 1.65 bits per heavy atom. The van der Waals surface area contributed by atoms with E-state index in [4.69, 9.17) is 5.73 Å². The van der Waals surface area contributed by atoms with Gasteiger partial charge in [-0.05, 0) is 80.8 Å². The average Bonchev–Trinajstić information content (AvgIpc) is 3.83. The van der Waals surface area contributed by atoms with Crippen molar-refractivity contribution in [2.24, 2.45) is 5.73 Å². The summed E-state index contributed by atoms with van der Waals surface area (Å²) in [5.41, 5.74) is 7.07. The highest BCUT2D eigenvalue weighted by Gasteiger charge is 2.42. The van der Waals surface area contributed by atoms with Gasteiger partial charge >= 0.3 is 18.0 Å². The van der Waals surface area contributed by atoms with Crippen molar-refractivity contribution in [3.8, 4) is 0 Å². The smallest absolute Gasteiger partial charge is 0.354 e. The van der Waals surface area contributed by atoms with Crippen molar-refractivity contribution < 1.29 is 24.3 Å². The van der Waals surface area contributed by atoms with E-state index >= 15 is 0 Å². The Labute approximate surface area is 319 Å². The van der Waals surface area contributed by atoms with E-state index in [-0.39, 0.29) is 35.6 Å². The fourth-order valence-electron chi connectivity index (χ4n) is 6.90. The van der Waals surface area contributed by atoms with Gasteiger partial charge in [-0.1, -0.05) is 32.4 Å². The number of hydrogen-bond donors (Lipinski definition) is 4. The number of nitrogens with two attached hydrogens (primary N) is 1. The molecule has 4 amide bonds. The van der Waals surface area contributed by atoms with Gasteiger partial charge in [-0.15, -0.1) is 0 Å². The number of carboxylic acid groups (broad SMARTS) is 1. The Morgan fingerprint density at radius 1 is 0.727 bits per heavy atom. The number of aromatic nitrogens is 4. The molecule has 0 radical (unpaired) electrons. The van der Waals surface area contributed by atoms with E-state index in [1.54, 1.807) is 64.7 Å². The molecule has 16 heteroatoms. The number of rotatable bonds is 8. The molecule has 4 aliphatic rings. The van der Waals surface area contributed by atoms with Gasteiger partial charge in [0.2, 0.25) is 0 Å². The second-order valence-corrected chi connectivity index (χ2v) is 13.5. The fraction of sp³-hybridized carbons (Fsp3) is 0.385. The van der Waals surface area contributed by atoms with E-state index in [2.05, 4.69) is 54.2 Å². The van der Waals surface area contributed by atoms with Crippen LogP contribution in [-0.4, -0.2) is 93.7 Å². The second kappa shape index (κ2) is 17.8. The van der Waals surface area contributed by atoms with Crippen LogP contribution in [-0.2, 0) is 0 Å². The maximum absolute atomic E-state index is 13.0. The highest BCUT2D eigenvalue weighted by Crippen LogP contribution is 2.40. The van der Waals surface area contributed by atoms with E-state index < -0.39 is 5.97 Å². The normalized spacial score (nSPS) is 17.1. The number of nitrogens with one attached hydrogen (secondary N) is 2. The number of unbranched alkanes of at least 4 members (excludes halogenated alkanes) is 1. The summed E-state index contributed by atoms with van der Waals surface area (Å²) in [6.45, 7) is 8.14. The molecule has 4 aliphatic heterocycles. The first-order valence-corrected chi connectivity index (χ1v) is 18.7. The molecule has 5 N–H and O–H groups in total. The molecule has 55 heavy (non-hydrogen) atoms. The molecule has 288 valence electrons. The lowest BCUT2D eigenvalue weighted by atomic mass is 10.1. The molecular formula is C39H47N11O5. The molecule has 0 spiro atoms. The number of ketones is 1.